The number of amides is 1. The highest BCUT2D eigenvalue weighted by atomic mass is 35.5. The molecule has 0 aliphatic carbocycles. The second-order valence-corrected chi connectivity index (χ2v) is 5.19. The Morgan fingerprint density at radius 1 is 1.36 bits per heavy atom. The average molecular weight is 330 g/mol. The quantitative estimate of drug-likeness (QED) is 0.593. The Bertz CT molecular complexity index is 522. The predicted octanol–water partition coefficient (Wildman–Crippen LogP) is 2.71. The van der Waals surface area contributed by atoms with Crippen LogP contribution in [0.25, 0.3) is 0 Å². The average Bonchev–Trinajstić information content (AvgIpc) is 2.48. The zero-order chi connectivity index (χ0) is 16.0. The maximum atomic E-state index is 12.3. The number of nitrogens with one attached hydrogen (secondary N) is 1. The van der Waals surface area contributed by atoms with Gasteiger partial charge in [-0.25, -0.2) is 0 Å². The van der Waals surface area contributed by atoms with Crippen molar-refractivity contribution in [2.75, 3.05) is 6.54 Å². The third-order valence-electron chi connectivity index (χ3n) is 4.28. The molecule has 1 aromatic rings. The first kappa shape index (κ1) is 20.3. The molecule has 124 valence electrons. The Morgan fingerprint density at radius 2 is 1.95 bits per heavy atom. The zero-order valence-corrected chi connectivity index (χ0v) is 14.0. The highest BCUT2D eigenvalue weighted by molar-refractivity contribution is 5.85. The van der Waals surface area contributed by atoms with E-state index in [1.165, 1.54) is 6.07 Å². The highest BCUT2D eigenvalue weighted by Crippen LogP contribution is 2.26. The van der Waals surface area contributed by atoms with E-state index in [0.29, 0.717) is 24.9 Å². The molecule has 22 heavy (non-hydrogen) atoms. The number of benzene rings is 1. The van der Waals surface area contributed by atoms with E-state index in [1.54, 1.807) is 19.1 Å². The molecule has 0 saturated carbocycles. The van der Waals surface area contributed by atoms with Gasteiger partial charge in [-0.1, -0.05) is 26.0 Å². The van der Waals surface area contributed by atoms with Gasteiger partial charge in [0.15, 0.2) is 0 Å². The summed E-state index contributed by atoms with van der Waals surface area (Å²) in [5, 5.41) is 13.8. The lowest BCUT2D eigenvalue weighted by Crippen LogP contribution is -2.45. The van der Waals surface area contributed by atoms with E-state index in [9.17, 15) is 14.9 Å². The van der Waals surface area contributed by atoms with Crippen LogP contribution in [0.15, 0.2) is 18.2 Å². The molecule has 0 spiro atoms. The fourth-order valence-corrected chi connectivity index (χ4v) is 2.37. The summed E-state index contributed by atoms with van der Waals surface area (Å²) in [7, 11) is 0. The minimum atomic E-state index is -0.561. The third kappa shape index (κ3) is 4.18. The lowest BCUT2D eigenvalue weighted by molar-refractivity contribution is -0.385. The molecule has 0 radical (unpaired) electrons. The molecule has 0 aromatic heterocycles. The number of hydrogen-bond donors (Lipinski definition) is 2. The second-order valence-electron chi connectivity index (χ2n) is 5.19. The van der Waals surface area contributed by atoms with Crippen molar-refractivity contribution in [1.82, 2.24) is 5.32 Å². The molecular formula is C15H24ClN3O3. The van der Waals surface area contributed by atoms with Gasteiger partial charge in [-0.3, -0.25) is 14.9 Å². The first-order valence-electron chi connectivity index (χ1n) is 7.13. The van der Waals surface area contributed by atoms with Crippen molar-refractivity contribution in [1.29, 1.82) is 0 Å². The largest absolute Gasteiger partial charge is 0.351 e. The van der Waals surface area contributed by atoms with E-state index in [1.807, 2.05) is 13.8 Å². The van der Waals surface area contributed by atoms with Crippen molar-refractivity contribution in [3.8, 4) is 0 Å². The van der Waals surface area contributed by atoms with Crippen LogP contribution in [-0.4, -0.2) is 17.4 Å². The van der Waals surface area contributed by atoms with Crippen LogP contribution in [0, 0.1) is 22.5 Å². The smallest absolute Gasteiger partial charge is 0.272 e. The van der Waals surface area contributed by atoms with Crippen LogP contribution in [0.5, 0.6) is 0 Å². The van der Waals surface area contributed by atoms with Crippen molar-refractivity contribution in [2.45, 2.75) is 40.2 Å². The van der Waals surface area contributed by atoms with Gasteiger partial charge < -0.3 is 11.1 Å². The van der Waals surface area contributed by atoms with Crippen LogP contribution < -0.4 is 11.1 Å². The Labute approximate surface area is 137 Å². The molecule has 0 unspecified atom stereocenters. The van der Waals surface area contributed by atoms with Crippen LogP contribution >= 0.6 is 12.4 Å². The van der Waals surface area contributed by atoms with Crippen molar-refractivity contribution in [3.05, 3.63) is 39.4 Å². The van der Waals surface area contributed by atoms with Crippen molar-refractivity contribution in [2.24, 2.45) is 11.1 Å². The monoisotopic (exact) mass is 329 g/mol. The van der Waals surface area contributed by atoms with Crippen LogP contribution in [0.1, 0.15) is 37.8 Å². The van der Waals surface area contributed by atoms with Gasteiger partial charge in [0.1, 0.15) is 0 Å². The van der Waals surface area contributed by atoms with Crippen LogP contribution in [0.2, 0.25) is 0 Å². The van der Waals surface area contributed by atoms with Gasteiger partial charge in [-0.05, 0) is 25.3 Å². The van der Waals surface area contributed by atoms with Crippen LogP contribution in [0.4, 0.5) is 5.69 Å². The summed E-state index contributed by atoms with van der Waals surface area (Å²) in [5.74, 6) is -0.0964. The second kappa shape index (κ2) is 8.70. The molecule has 0 saturated heterocycles. The van der Waals surface area contributed by atoms with Gasteiger partial charge in [-0.15, -0.1) is 12.4 Å². The molecule has 0 heterocycles. The Kier molecular flexibility index (Phi) is 8.05. The minimum absolute atomic E-state index is 0. The Balaban J connectivity index is 0.00000441. The lowest BCUT2D eigenvalue weighted by atomic mass is 9.81. The van der Waals surface area contributed by atoms with Gasteiger partial charge in [0.05, 0.1) is 10.3 Å². The van der Waals surface area contributed by atoms with E-state index in [0.717, 1.165) is 5.56 Å². The lowest BCUT2D eigenvalue weighted by Gasteiger charge is -2.28. The first-order chi connectivity index (χ1) is 9.91. The summed E-state index contributed by atoms with van der Waals surface area (Å²) in [4.78, 5) is 22.8. The highest BCUT2D eigenvalue weighted by Gasteiger charge is 2.33. The molecule has 0 fully saturated rings. The van der Waals surface area contributed by atoms with E-state index < -0.39 is 10.3 Å². The van der Waals surface area contributed by atoms with Crippen LogP contribution in [-0.2, 0) is 11.3 Å². The van der Waals surface area contributed by atoms with Gasteiger partial charge in [0.25, 0.3) is 5.69 Å². The van der Waals surface area contributed by atoms with Gasteiger partial charge >= 0.3 is 0 Å². The molecule has 0 aliphatic heterocycles. The van der Waals surface area contributed by atoms with Gasteiger partial charge in [0, 0.05) is 24.7 Å². The molecule has 0 aliphatic rings. The summed E-state index contributed by atoms with van der Waals surface area (Å²) in [5.41, 5.74) is 6.57. The third-order valence-corrected chi connectivity index (χ3v) is 4.28. The fourth-order valence-electron chi connectivity index (χ4n) is 2.37. The van der Waals surface area contributed by atoms with E-state index in [4.69, 9.17) is 5.73 Å². The summed E-state index contributed by atoms with van der Waals surface area (Å²) < 4.78 is 0. The summed E-state index contributed by atoms with van der Waals surface area (Å²) in [6.45, 7) is 6.13. The molecule has 3 N–H and O–H groups in total. The van der Waals surface area contributed by atoms with Gasteiger partial charge in [0.2, 0.25) is 5.91 Å². The maximum Gasteiger partial charge on any atom is 0.272 e. The number of halogens is 1. The number of nitro benzene ring substituents is 1. The Hall–Kier alpha value is -1.66. The number of rotatable bonds is 7. The summed E-state index contributed by atoms with van der Waals surface area (Å²) in [6.07, 6.45) is 1.33. The molecule has 0 bridgehead atoms. The normalized spacial score (nSPS) is 10.7. The van der Waals surface area contributed by atoms with Crippen molar-refractivity contribution < 1.29 is 9.72 Å². The Morgan fingerprint density at radius 3 is 2.41 bits per heavy atom. The molecule has 1 amide bonds. The SMILES string of the molecule is CCC(CC)(CN)C(=O)NCc1cccc([N+](=O)[O-])c1C.Cl. The molecule has 0 atom stereocenters. The predicted molar refractivity (Wildman–Crippen MR) is 89.0 cm³/mol. The fraction of sp³-hybridized carbons (Fsp3) is 0.533. The molecule has 6 nitrogen and oxygen atoms in total. The number of nitro groups is 1. The summed E-state index contributed by atoms with van der Waals surface area (Å²) in [6, 6.07) is 4.87. The van der Waals surface area contributed by atoms with Crippen molar-refractivity contribution >= 4 is 24.0 Å². The molecule has 7 heteroatoms. The van der Waals surface area contributed by atoms with Gasteiger partial charge in [-0.2, -0.15) is 0 Å². The van der Waals surface area contributed by atoms with E-state index in [2.05, 4.69) is 5.32 Å². The minimum Gasteiger partial charge on any atom is -0.351 e. The van der Waals surface area contributed by atoms with E-state index >= 15 is 0 Å². The number of hydrogen-bond acceptors (Lipinski definition) is 4. The topological polar surface area (TPSA) is 98.3 Å². The number of nitrogens with zero attached hydrogens (tertiary/aromatic N) is 1. The molecular weight excluding hydrogens is 306 g/mol. The van der Waals surface area contributed by atoms with Crippen molar-refractivity contribution in [3.63, 3.8) is 0 Å². The number of nitrogens with two attached hydrogens (primary N) is 1. The summed E-state index contributed by atoms with van der Waals surface area (Å²) >= 11 is 0. The zero-order valence-electron chi connectivity index (χ0n) is 13.2. The van der Waals surface area contributed by atoms with Crippen LogP contribution in [0.3, 0.4) is 0 Å². The number of carbonyl (C=O) groups is 1. The standard InChI is InChI=1S/C15H23N3O3.ClH/c1-4-15(5-2,10-16)14(19)17-9-12-7-6-8-13(11(12)3)18(20)21;/h6-8H,4-5,9-10,16H2,1-3H3,(H,17,19);1H. The first-order valence-corrected chi connectivity index (χ1v) is 7.13. The molecule has 1 rings (SSSR count). The number of carbonyl (C=O) groups excluding carboxylic acids is 1. The maximum absolute atomic E-state index is 12.3. The molecule has 1 aromatic carbocycles. The van der Waals surface area contributed by atoms with E-state index in [-0.39, 0.29) is 30.5 Å².